The van der Waals surface area contributed by atoms with Crippen LogP contribution in [-0.2, 0) is 6.42 Å². The summed E-state index contributed by atoms with van der Waals surface area (Å²) >= 11 is 9.51. The number of hydrogen-bond acceptors (Lipinski definition) is 1. The average Bonchev–Trinajstić information content (AvgIpc) is 2.48. The lowest BCUT2D eigenvalue weighted by molar-refractivity contribution is 0.493. The van der Waals surface area contributed by atoms with Crippen molar-refractivity contribution in [3.8, 4) is 0 Å². The highest BCUT2D eigenvalue weighted by Gasteiger charge is 2.07. The van der Waals surface area contributed by atoms with E-state index in [9.17, 15) is 0 Å². The molecule has 1 rings (SSSR count). The molecule has 0 amide bonds. The van der Waals surface area contributed by atoms with Crippen LogP contribution >= 0.6 is 27.5 Å². The van der Waals surface area contributed by atoms with Gasteiger partial charge in [0.05, 0.1) is 10.7 Å². The first-order valence-electron chi connectivity index (χ1n) is 4.60. The summed E-state index contributed by atoms with van der Waals surface area (Å²) in [5.41, 5.74) is 0. The van der Waals surface area contributed by atoms with Gasteiger partial charge < -0.3 is 4.42 Å². The summed E-state index contributed by atoms with van der Waals surface area (Å²) in [5.74, 6) is 1.00. The Balaban J connectivity index is 2.30. The van der Waals surface area contributed by atoms with Gasteiger partial charge in [-0.05, 0) is 34.8 Å². The van der Waals surface area contributed by atoms with Crippen molar-refractivity contribution in [2.75, 3.05) is 0 Å². The predicted molar refractivity (Wildman–Crippen MR) is 59.3 cm³/mol. The molecule has 0 saturated carbocycles. The Morgan fingerprint density at radius 2 is 2.31 bits per heavy atom. The van der Waals surface area contributed by atoms with E-state index in [1.807, 2.05) is 6.07 Å². The molecule has 13 heavy (non-hydrogen) atoms. The minimum absolute atomic E-state index is 0.280. The maximum absolute atomic E-state index is 6.09. The van der Waals surface area contributed by atoms with Gasteiger partial charge in [-0.3, -0.25) is 0 Å². The molecule has 0 aliphatic heterocycles. The Morgan fingerprint density at radius 1 is 1.54 bits per heavy atom. The van der Waals surface area contributed by atoms with Crippen LogP contribution in [0.25, 0.3) is 0 Å². The summed E-state index contributed by atoms with van der Waals surface area (Å²) in [5, 5.41) is 0.280. The zero-order valence-corrected chi connectivity index (χ0v) is 10.1. The van der Waals surface area contributed by atoms with Gasteiger partial charge in [0.15, 0.2) is 0 Å². The van der Waals surface area contributed by atoms with Gasteiger partial charge in [0, 0.05) is 11.8 Å². The van der Waals surface area contributed by atoms with Crippen molar-refractivity contribution in [3.05, 3.63) is 22.6 Å². The summed E-state index contributed by atoms with van der Waals surface area (Å²) in [7, 11) is 0. The van der Waals surface area contributed by atoms with Crippen molar-refractivity contribution in [2.45, 2.75) is 38.0 Å². The summed E-state index contributed by atoms with van der Waals surface area (Å²) < 4.78 is 6.34. The second-order valence-electron chi connectivity index (χ2n) is 3.12. The minimum atomic E-state index is 0.280. The van der Waals surface area contributed by atoms with Crippen LogP contribution in [0.2, 0.25) is 0 Å². The lowest BCUT2D eigenvalue weighted by Crippen LogP contribution is -1.99. The van der Waals surface area contributed by atoms with Crippen LogP contribution in [0.3, 0.4) is 0 Å². The van der Waals surface area contributed by atoms with Crippen LogP contribution in [0.5, 0.6) is 0 Å². The molecule has 1 aromatic heterocycles. The number of halogens is 2. The Labute approximate surface area is 92.6 Å². The van der Waals surface area contributed by atoms with Crippen LogP contribution in [-0.4, -0.2) is 5.38 Å². The van der Waals surface area contributed by atoms with Crippen LogP contribution < -0.4 is 0 Å². The molecule has 1 aromatic rings. The van der Waals surface area contributed by atoms with Crippen molar-refractivity contribution in [1.29, 1.82) is 0 Å². The van der Waals surface area contributed by atoms with Crippen LogP contribution in [0.15, 0.2) is 21.2 Å². The molecule has 0 saturated heterocycles. The molecule has 0 aliphatic carbocycles. The van der Waals surface area contributed by atoms with Crippen molar-refractivity contribution in [2.24, 2.45) is 0 Å². The number of rotatable bonds is 5. The first-order valence-corrected chi connectivity index (χ1v) is 5.83. The highest BCUT2D eigenvalue weighted by atomic mass is 79.9. The highest BCUT2D eigenvalue weighted by molar-refractivity contribution is 9.10. The van der Waals surface area contributed by atoms with E-state index in [1.165, 1.54) is 0 Å². The Hall–Kier alpha value is 0.0500. The molecule has 0 fully saturated rings. The Bertz CT molecular complexity index is 247. The summed E-state index contributed by atoms with van der Waals surface area (Å²) in [4.78, 5) is 0. The predicted octanol–water partition coefficient (Wildman–Crippen LogP) is 4.38. The maximum Gasteiger partial charge on any atom is 0.117 e. The fraction of sp³-hybridized carbons (Fsp3) is 0.600. The second-order valence-corrected chi connectivity index (χ2v) is 4.59. The molecule has 0 spiro atoms. The van der Waals surface area contributed by atoms with E-state index in [4.69, 9.17) is 16.0 Å². The van der Waals surface area contributed by atoms with Gasteiger partial charge in [0.1, 0.15) is 5.76 Å². The van der Waals surface area contributed by atoms with Crippen molar-refractivity contribution in [3.63, 3.8) is 0 Å². The molecular formula is C10H14BrClO. The molecule has 0 aromatic carbocycles. The van der Waals surface area contributed by atoms with Gasteiger partial charge >= 0.3 is 0 Å². The largest absolute Gasteiger partial charge is 0.468 e. The molecular weight excluding hydrogens is 251 g/mol. The lowest BCUT2D eigenvalue weighted by atomic mass is 10.1. The molecule has 0 N–H and O–H groups in total. The fourth-order valence-corrected chi connectivity index (χ4v) is 1.98. The molecule has 1 atom stereocenters. The second kappa shape index (κ2) is 5.71. The summed E-state index contributed by atoms with van der Waals surface area (Å²) in [6.07, 6.45) is 5.83. The Morgan fingerprint density at radius 3 is 2.85 bits per heavy atom. The van der Waals surface area contributed by atoms with Crippen molar-refractivity contribution < 1.29 is 4.42 Å². The van der Waals surface area contributed by atoms with E-state index in [1.54, 1.807) is 6.26 Å². The van der Waals surface area contributed by atoms with Crippen LogP contribution in [0.1, 0.15) is 31.9 Å². The average molecular weight is 266 g/mol. The first kappa shape index (κ1) is 11.1. The first-order chi connectivity index (χ1) is 6.24. The van der Waals surface area contributed by atoms with Gasteiger partial charge in [-0.2, -0.15) is 0 Å². The lowest BCUT2D eigenvalue weighted by Gasteiger charge is -2.05. The number of alkyl halides is 1. The van der Waals surface area contributed by atoms with Crippen molar-refractivity contribution in [1.82, 2.24) is 0 Å². The van der Waals surface area contributed by atoms with Crippen molar-refractivity contribution >= 4 is 27.5 Å². The summed E-state index contributed by atoms with van der Waals surface area (Å²) in [6, 6.07) is 1.92. The normalized spacial score (nSPS) is 13.2. The van der Waals surface area contributed by atoms with Crippen LogP contribution in [0, 0.1) is 0 Å². The quantitative estimate of drug-likeness (QED) is 0.720. The van der Waals surface area contributed by atoms with Gasteiger partial charge in [0.2, 0.25) is 0 Å². The number of hydrogen-bond donors (Lipinski definition) is 0. The third kappa shape index (κ3) is 3.74. The molecule has 1 heterocycles. The molecule has 0 bridgehead atoms. The highest BCUT2D eigenvalue weighted by Crippen LogP contribution is 2.21. The van der Waals surface area contributed by atoms with Gasteiger partial charge in [0.25, 0.3) is 0 Å². The molecule has 0 radical (unpaired) electrons. The third-order valence-electron chi connectivity index (χ3n) is 1.98. The van der Waals surface area contributed by atoms with E-state index in [0.717, 1.165) is 35.9 Å². The minimum Gasteiger partial charge on any atom is -0.468 e. The smallest absolute Gasteiger partial charge is 0.117 e. The molecule has 74 valence electrons. The fourth-order valence-electron chi connectivity index (χ4n) is 1.25. The zero-order chi connectivity index (χ0) is 9.68. The van der Waals surface area contributed by atoms with Crippen LogP contribution in [0.4, 0.5) is 0 Å². The third-order valence-corrected chi connectivity index (χ3v) is 3.12. The van der Waals surface area contributed by atoms with Gasteiger partial charge in [-0.25, -0.2) is 0 Å². The number of furan rings is 1. The van der Waals surface area contributed by atoms with E-state index in [-0.39, 0.29) is 5.38 Å². The summed E-state index contributed by atoms with van der Waals surface area (Å²) in [6.45, 7) is 2.15. The Kier molecular flexibility index (Phi) is 4.89. The molecule has 0 aliphatic rings. The van der Waals surface area contributed by atoms with E-state index >= 15 is 0 Å². The standard InChI is InChI=1S/C10H14BrClO/c1-2-3-8(12)4-5-10-9(11)6-7-13-10/h6-8H,2-5H2,1H3. The van der Waals surface area contributed by atoms with Gasteiger partial charge in [-0.15, -0.1) is 11.6 Å². The van der Waals surface area contributed by atoms with E-state index in [0.29, 0.717) is 0 Å². The molecule has 1 unspecified atom stereocenters. The zero-order valence-electron chi connectivity index (χ0n) is 7.72. The van der Waals surface area contributed by atoms with E-state index in [2.05, 4.69) is 22.9 Å². The maximum atomic E-state index is 6.09. The number of aryl methyl sites for hydroxylation is 1. The molecule has 1 nitrogen and oxygen atoms in total. The topological polar surface area (TPSA) is 13.1 Å². The SMILES string of the molecule is CCCC(Cl)CCc1occc1Br. The molecule has 3 heteroatoms. The van der Waals surface area contributed by atoms with E-state index < -0.39 is 0 Å². The van der Waals surface area contributed by atoms with Gasteiger partial charge in [-0.1, -0.05) is 13.3 Å². The monoisotopic (exact) mass is 264 g/mol.